The van der Waals surface area contributed by atoms with Gasteiger partial charge < -0.3 is 50.8 Å². The maximum Gasteiger partial charge on any atom is 0.410 e. The van der Waals surface area contributed by atoms with E-state index in [1.54, 1.807) is 9.80 Å². The number of nitrogens with two attached hydrogens (primary N) is 2. The highest BCUT2D eigenvalue weighted by Crippen LogP contribution is 2.28. The highest BCUT2D eigenvalue weighted by atomic mass is 16.6. The molecular formula is C38H66N6O8. The third-order valence-corrected chi connectivity index (χ3v) is 12.1. The number of ether oxygens (including phenoxy) is 4. The van der Waals surface area contributed by atoms with Gasteiger partial charge in [0, 0.05) is 77.0 Å². The Morgan fingerprint density at radius 2 is 0.788 bits per heavy atom. The molecule has 14 heteroatoms. The zero-order valence-electron chi connectivity index (χ0n) is 31.3. The quantitative estimate of drug-likeness (QED) is 0.207. The molecule has 2 heterocycles. The summed E-state index contributed by atoms with van der Waals surface area (Å²) in [7, 11) is 0. The van der Waals surface area contributed by atoms with Gasteiger partial charge >= 0.3 is 24.4 Å². The van der Waals surface area contributed by atoms with Gasteiger partial charge in [0.15, 0.2) is 0 Å². The lowest BCUT2D eigenvalue weighted by Crippen LogP contribution is -2.48. The van der Waals surface area contributed by atoms with Crippen LogP contribution in [0.1, 0.15) is 128 Å². The van der Waals surface area contributed by atoms with E-state index in [1.165, 1.54) is 38.5 Å². The van der Waals surface area contributed by atoms with Gasteiger partial charge in [-0.1, -0.05) is 38.5 Å². The van der Waals surface area contributed by atoms with Crippen LogP contribution in [0.2, 0.25) is 0 Å². The second-order valence-corrected chi connectivity index (χ2v) is 15.8. The first-order valence-electron chi connectivity index (χ1n) is 20.6. The molecule has 3 saturated carbocycles. The van der Waals surface area contributed by atoms with E-state index >= 15 is 0 Å². The van der Waals surface area contributed by atoms with Gasteiger partial charge in [0.2, 0.25) is 0 Å². The van der Waals surface area contributed by atoms with Gasteiger partial charge in [-0.05, 0) is 76.0 Å². The minimum Gasteiger partial charge on any atom is -0.446 e. The SMILES string of the molecule is NCC(NC(=O)OC1CCN(C(=O)OC2CCCC(OC(=O)N3CCC(OC(=O)NC(CN)C4CCCCC4)CC3)CCC2)CC1)C1CCCCC1. The van der Waals surface area contributed by atoms with E-state index in [4.69, 9.17) is 30.4 Å². The second kappa shape index (κ2) is 21.0. The van der Waals surface area contributed by atoms with Gasteiger partial charge in [-0.25, -0.2) is 19.2 Å². The molecule has 14 nitrogen and oxygen atoms in total. The summed E-state index contributed by atoms with van der Waals surface area (Å²) in [6.07, 6.45) is 16.1. The predicted molar refractivity (Wildman–Crippen MR) is 195 cm³/mol. The van der Waals surface area contributed by atoms with Crippen LogP contribution in [-0.4, -0.2) is 110 Å². The van der Waals surface area contributed by atoms with Crippen molar-refractivity contribution in [3.63, 3.8) is 0 Å². The molecule has 3 aliphatic carbocycles. The summed E-state index contributed by atoms with van der Waals surface area (Å²) >= 11 is 0. The van der Waals surface area contributed by atoms with Crippen LogP contribution in [0.25, 0.3) is 0 Å². The van der Waals surface area contributed by atoms with Gasteiger partial charge in [0.1, 0.15) is 24.4 Å². The number of nitrogens with one attached hydrogen (secondary N) is 2. The molecule has 2 saturated heterocycles. The molecule has 2 unspecified atom stereocenters. The van der Waals surface area contributed by atoms with Crippen LogP contribution in [0.5, 0.6) is 0 Å². The number of rotatable bonds is 10. The van der Waals surface area contributed by atoms with Gasteiger partial charge in [-0.15, -0.1) is 0 Å². The van der Waals surface area contributed by atoms with E-state index in [1.807, 2.05) is 0 Å². The smallest absolute Gasteiger partial charge is 0.410 e. The number of likely N-dealkylation sites (tertiary alicyclic amines) is 2. The summed E-state index contributed by atoms with van der Waals surface area (Å²) in [5, 5.41) is 5.99. The second-order valence-electron chi connectivity index (χ2n) is 15.8. The first kappa shape index (κ1) is 40.2. The fourth-order valence-corrected chi connectivity index (χ4v) is 8.90. The lowest BCUT2D eigenvalue weighted by molar-refractivity contribution is 0.00900. The molecule has 52 heavy (non-hydrogen) atoms. The number of carbonyl (C=O) groups is 4. The Balaban J connectivity index is 0.926. The van der Waals surface area contributed by atoms with Crippen LogP contribution < -0.4 is 22.1 Å². The Bertz CT molecular complexity index is 1020. The Morgan fingerprint density at radius 1 is 0.462 bits per heavy atom. The van der Waals surface area contributed by atoms with Crippen molar-refractivity contribution in [3.8, 4) is 0 Å². The van der Waals surface area contributed by atoms with Crippen LogP contribution in [-0.2, 0) is 18.9 Å². The van der Waals surface area contributed by atoms with Crippen LogP contribution in [0.3, 0.4) is 0 Å². The molecule has 2 atom stereocenters. The number of nitrogens with zero attached hydrogens (tertiary/aromatic N) is 2. The fraction of sp³-hybridized carbons (Fsp3) is 0.895. The van der Waals surface area contributed by atoms with Crippen molar-refractivity contribution >= 4 is 24.4 Å². The normalized spacial score (nSPS) is 25.9. The van der Waals surface area contributed by atoms with Crippen molar-refractivity contribution in [2.24, 2.45) is 23.3 Å². The fourth-order valence-electron chi connectivity index (χ4n) is 8.90. The van der Waals surface area contributed by atoms with Crippen molar-refractivity contribution in [2.75, 3.05) is 39.3 Å². The van der Waals surface area contributed by atoms with Crippen molar-refractivity contribution in [3.05, 3.63) is 0 Å². The Morgan fingerprint density at radius 3 is 1.12 bits per heavy atom. The maximum absolute atomic E-state index is 13.0. The zero-order valence-corrected chi connectivity index (χ0v) is 31.3. The van der Waals surface area contributed by atoms with Crippen LogP contribution in [0.15, 0.2) is 0 Å². The summed E-state index contributed by atoms with van der Waals surface area (Å²) in [4.78, 5) is 54.6. The Hall–Kier alpha value is -3.00. The van der Waals surface area contributed by atoms with Gasteiger partial charge in [0.25, 0.3) is 0 Å². The van der Waals surface area contributed by atoms with Crippen LogP contribution >= 0.6 is 0 Å². The van der Waals surface area contributed by atoms with Gasteiger partial charge in [0.05, 0.1) is 0 Å². The molecule has 0 bridgehead atoms. The molecule has 5 rings (SSSR count). The van der Waals surface area contributed by atoms with Gasteiger partial charge in [-0.2, -0.15) is 0 Å². The molecule has 2 aliphatic heterocycles. The van der Waals surface area contributed by atoms with E-state index in [0.717, 1.165) is 64.2 Å². The van der Waals surface area contributed by atoms with E-state index in [0.29, 0.717) is 76.8 Å². The van der Waals surface area contributed by atoms with E-state index < -0.39 is 12.2 Å². The number of hydrogen-bond donors (Lipinski definition) is 4. The molecule has 0 aromatic rings. The van der Waals surface area contributed by atoms with Crippen LogP contribution in [0, 0.1) is 11.8 Å². The summed E-state index contributed by atoms with van der Waals surface area (Å²) in [5.41, 5.74) is 11.9. The average molecular weight is 735 g/mol. The summed E-state index contributed by atoms with van der Waals surface area (Å²) in [6, 6.07) is -0.110. The third-order valence-electron chi connectivity index (χ3n) is 12.1. The molecule has 0 aromatic heterocycles. The zero-order chi connectivity index (χ0) is 36.7. The summed E-state index contributed by atoms with van der Waals surface area (Å²) < 4.78 is 23.2. The molecule has 6 N–H and O–H groups in total. The molecule has 5 fully saturated rings. The molecule has 296 valence electrons. The number of carbonyl (C=O) groups excluding carboxylic acids is 4. The van der Waals surface area contributed by atoms with Crippen molar-refractivity contribution in [1.82, 2.24) is 20.4 Å². The molecule has 0 aromatic carbocycles. The summed E-state index contributed by atoms with van der Waals surface area (Å²) in [5.74, 6) is 0.824. The number of piperidine rings is 2. The topological polar surface area (TPSA) is 188 Å². The first-order valence-corrected chi connectivity index (χ1v) is 20.6. The van der Waals surface area contributed by atoms with Crippen molar-refractivity contribution in [1.29, 1.82) is 0 Å². The molecule has 5 aliphatic rings. The van der Waals surface area contributed by atoms with E-state index in [2.05, 4.69) is 10.6 Å². The highest BCUT2D eigenvalue weighted by molar-refractivity contribution is 5.70. The molecule has 4 amide bonds. The Kier molecular flexibility index (Phi) is 16.3. The first-order chi connectivity index (χ1) is 25.3. The number of amides is 4. The minimum absolute atomic E-state index is 0.0552. The van der Waals surface area contributed by atoms with Crippen molar-refractivity contribution < 1.29 is 38.1 Å². The molecular weight excluding hydrogens is 668 g/mol. The monoisotopic (exact) mass is 734 g/mol. The molecule has 0 spiro atoms. The van der Waals surface area contributed by atoms with Crippen LogP contribution in [0.4, 0.5) is 19.2 Å². The highest BCUT2D eigenvalue weighted by Gasteiger charge is 2.32. The summed E-state index contributed by atoms with van der Waals surface area (Å²) in [6.45, 7) is 2.75. The number of hydrogen-bond acceptors (Lipinski definition) is 10. The van der Waals surface area contributed by atoms with Gasteiger partial charge in [-0.3, -0.25) is 0 Å². The third kappa shape index (κ3) is 12.6. The Labute approximate surface area is 310 Å². The average Bonchev–Trinajstić information content (AvgIpc) is 3.16. The van der Waals surface area contributed by atoms with Crippen molar-refractivity contribution in [2.45, 2.75) is 165 Å². The minimum atomic E-state index is -0.415. The number of alkyl carbamates (subject to hydrolysis) is 2. The lowest BCUT2D eigenvalue weighted by Gasteiger charge is -2.34. The lowest BCUT2D eigenvalue weighted by atomic mass is 9.84. The van der Waals surface area contributed by atoms with E-state index in [9.17, 15) is 19.2 Å². The van der Waals surface area contributed by atoms with E-state index in [-0.39, 0.29) is 48.7 Å². The largest absolute Gasteiger partial charge is 0.446 e. The standard InChI is InChI=1S/C38H66N6O8/c39-25-33(27-9-3-1-4-10-27)41-35(45)49-31-17-21-43(22-18-31)37(47)51-29-13-7-15-30(16-8-14-29)52-38(48)44-23-19-32(20-24-44)50-36(46)42-34(26-40)28-11-5-2-6-12-28/h27-34H,1-26,39-40H2,(H,41,45)(H,42,46). The molecule has 0 radical (unpaired) electrons. The predicted octanol–water partition coefficient (Wildman–Crippen LogP) is 5.55. The maximum atomic E-state index is 13.0.